The standard InChI is InChI=1S/C26H24F2N6OS/c1-26(2)4-3-5-34(12-26)25-32-7-14-15-9-35-10-16(15)19(21(28)22(14)33-25)23-20-13(6-29)18(30)11-36-24(20)17(27)8-31-23/h7-8H,3-5,9-12,30H2,1-2H3. The monoisotopic (exact) mass is 506 g/mol. The van der Waals surface area contributed by atoms with Gasteiger partial charge in [0.15, 0.2) is 11.6 Å². The molecule has 0 aliphatic carbocycles. The van der Waals surface area contributed by atoms with Gasteiger partial charge in [-0.25, -0.2) is 18.7 Å². The van der Waals surface area contributed by atoms with E-state index in [-0.39, 0.29) is 57.2 Å². The number of fused-ring (bicyclic) bond motifs is 4. The molecule has 3 aliphatic heterocycles. The maximum absolute atomic E-state index is 16.5. The van der Waals surface area contributed by atoms with Crippen molar-refractivity contribution in [2.75, 3.05) is 23.7 Å². The summed E-state index contributed by atoms with van der Waals surface area (Å²) < 4.78 is 36.9. The molecular weight excluding hydrogens is 482 g/mol. The molecule has 7 nitrogen and oxygen atoms in total. The summed E-state index contributed by atoms with van der Waals surface area (Å²) in [6, 6.07) is 2.08. The molecule has 0 spiro atoms. The number of ether oxygens (including phenoxy) is 1. The fourth-order valence-electron chi connectivity index (χ4n) is 5.44. The normalized spacial score (nSPS) is 18.8. The number of thioether (sulfide) groups is 1. The lowest BCUT2D eigenvalue weighted by molar-refractivity contribution is 0.135. The summed E-state index contributed by atoms with van der Waals surface area (Å²) in [7, 11) is 0. The first kappa shape index (κ1) is 23.1. The molecular formula is C26H24F2N6OS. The van der Waals surface area contributed by atoms with Crippen LogP contribution in [-0.4, -0.2) is 33.8 Å². The molecule has 1 fully saturated rings. The van der Waals surface area contributed by atoms with Crippen LogP contribution in [0.3, 0.4) is 0 Å². The second-order valence-corrected chi connectivity index (χ2v) is 11.2. The molecule has 3 aromatic rings. The zero-order chi connectivity index (χ0) is 25.2. The number of benzene rings is 1. The smallest absolute Gasteiger partial charge is 0.225 e. The van der Waals surface area contributed by atoms with E-state index >= 15 is 4.39 Å². The average molecular weight is 507 g/mol. The maximum Gasteiger partial charge on any atom is 0.225 e. The van der Waals surface area contributed by atoms with Gasteiger partial charge in [-0.15, -0.1) is 11.8 Å². The van der Waals surface area contributed by atoms with Crippen molar-refractivity contribution < 1.29 is 13.5 Å². The number of nitriles is 1. The first-order chi connectivity index (χ1) is 17.3. The van der Waals surface area contributed by atoms with Crippen molar-refractivity contribution in [2.45, 2.75) is 44.8 Å². The molecule has 36 heavy (non-hydrogen) atoms. The Morgan fingerprint density at radius 1 is 1.17 bits per heavy atom. The Morgan fingerprint density at radius 3 is 2.75 bits per heavy atom. The largest absolute Gasteiger partial charge is 0.400 e. The van der Waals surface area contributed by atoms with E-state index in [1.807, 2.05) is 0 Å². The Kier molecular flexibility index (Phi) is 5.39. The van der Waals surface area contributed by atoms with Crippen LogP contribution in [0.25, 0.3) is 27.7 Å². The quantitative estimate of drug-likeness (QED) is 0.522. The first-order valence-electron chi connectivity index (χ1n) is 11.8. The van der Waals surface area contributed by atoms with Crippen molar-refractivity contribution in [2.24, 2.45) is 11.1 Å². The average Bonchev–Trinajstić information content (AvgIpc) is 3.34. The predicted octanol–water partition coefficient (Wildman–Crippen LogP) is 4.93. The minimum absolute atomic E-state index is 0.112. The second-order valence-electron chi connectivity index (χ2n) is 10.2. The molecule has 5 heterocycles. The van der Waals surface area contributed by atoms with Gasteiger partial charge in [-0.05, 0) is 29.4 Å². The number of hydrogen-bond donors (Lipinski definition) is 1. The van der Waals surface area contributed by atoms with Gasteiger partial charge in [0.1, 0.15) is 11.6 Å². The van der Waals surface area contributed by atoms with Crippen LogP contribution in [0.4, 0.5) is 14.7 Å². The zero-order valence-corrected chi connectivity index (χ0v) is 20.8. The van der Waals surface area contributed by atoms with Crippen molar-refractivity contribution in [3.05, 3.63) is 46.4 Å². The van der Waals surface area contributed by atoms with Crippen molar-refractivity contribution in [3.63, 3.8) is 0 Å². The number of nitrogens with zero attached hydrogens (tertiary/aromatic N) is 5. The van der Waals surface area contributed by atoms with Crippen LogP contribution in [0.1, 0.15) is 43.4 Å². The van der Waals surface area contributed by atoms with E-state index in [0.717, 1.165) is 37.7 Å². The molecule has 2 aromatic heterocycles. The minimum atomic E-state index is -0.582. The number of anilines is 1. The third kappa shape index (κ3) is 3.52. The predicted molar refractivity (Wildman–Crippen MR) is 134 cm³/mol. The van der Waals surface area contributed by atoms with Crippen LogP contribution in [0.2, 0.25) is 0 Å². The number of piperidine rings is 1. The summed E-state index contributed by atoms with van der Waals surface area (Å²) in [5, 5.41) is 10.4. The summed E-state index contributed by atoms with van der Waals surface area (Å²) in [4.78, 5) is 15.9. The Balaban J connectivity index is 1.61. The van der Waals surface area contributed by atoms with Gasteiger partial charge in [-0.1, -0.05) is 13.8 Å². The van der Waals surface area contributed by atoms with E-state index < -0.39 is 11.6 Å². The Bertz CT molecular complexity index is 1510. The number of rotatable bonds is 2. The third-order valence-electron chi connectivity index (χ3n) is 7.15. The zero-order valence-electron chi connectivity index (χ0n) is 20.0. The van der Waals surface area contributed by atoms with Gasteiger partial charge < -0.3 is 15.4 Å². The molecule has 0 unspecified atom stereocenters. The first-order valence-corrected chi connectivity index (χ1v) is 12.8. The molecule has 3 aliphatic rings. The molecule has 1 saturated heterocycles. The van der Waals surface area contributed by atoms with Crippen LogP contribution in [0, 0.1) is 28.4 Å². The Labute approximate surface area is 211 Å². The molecule has 184 valence electrons. The third-order valence-corrected chi connectivity index (χ3v) is 8.29. The number of pyridine rings is 1. The highest BCUT2D eigenvalue weighted by atomic mass is 32.2. The Hall–Kier alpha value is -3.29. The van der Waals surface area contributed by atoms with Crippen LogP contribution in [0.15, 0.2) is 23.0 Å². The summed E-state index contributed by atoms with van der Waals surface area (Å²) in [5.41, 5.74) is 8.81. The van der Waals surface area contributed by atoms with Crippen molar-refractivity contribution in [3.8, 4) is 17.3 Å². The lowest BCUT2D eigenvalue weighted by Crippen LogP contribution is -2.41. The summed E-state index contributed by atoms with van der Waals surface area (Å²) >= 11 is 1.18. The molecule has 1 aromatic carbocycles. The molecule has 0 bridgehead atoms. The van der Waals surface area contributed by atoms with Crippen LogP contribution >= 0.6 is 11.8 Å². The number of nitrogens with two attached hydrogens (primary N) is 1. The molecule has 0 radical (unpaired) electrons. The van der Waals surface area contributed by atoms with E-state index in [1.165, 1.54) is 11.8 Å². The molecule has 0 atom stereocenters. The van der Waals surface area contributed by atoms with Gasteiger partial charge in [0.25, 0.3) is 0 Å². The second kappa shape index (κ2) is 8.39. The van der Waals surface area contributed by atoms with Gasteiger partial charge in [0.2, 0.25) is 5.95 Å². The fraction of sp³-hybridized carbons (Fsp3) is 0.385. The van der Waals surface area contributed by atoms with Crippen molar-refractivity contribution >= 4 is 34.2 Å². The SMILES string of the molecule is CC1(C)CCCN(c2ncc3c4c(c(-c5ncc(F)c6c5C(C#N)=C(N)CS6)c(F)c3n2)COC4)C1. The molecule has 10 heteroatoms. The van der Waals surface area contributed by atoms with Crippen LogP contribution < -0.4 is 10.6 Å². The number of aromatic nitrogens is 3. The molecule has 6 rings (SSSR count). The lowest BCUT2D eigenvalue weighted by atomic mass is 9.84. The van der Waals surface area contributed by atoms with Crippen molar-refractivity contribution in [1.29, 1.82) is 5.26 Å². The number of allylic oxidation sites excluding steroid dienone is 1. The minimum Gasteiger partial charge on any atom is -0.400 e. The van der Waals surface area contributed by atoms with E-state index in [0.29, 0.717) is 22.6 Å². The van der Waals surface area contributed by atoms with E-state index in [1.54, 1.807) is 6.20 Å². The fourth-order valence-corrected chi connectivity index (χ4v) is 6.42. The highest BCUT2D eigenvalue weighted by Crippen LogP contribution is 2.46. The van der Waals surface area contributed by atoms with Crippen LogP contribution in [0.5, 0.6) is 0 Å². The molecule has 2 N–H and O–H groups in total. The molecule has 0 amide bonds. The lowest BCUT2D eigenvalue weighted by Gasteiger charge is -2.38. The van der Waals surface area contributed by atoms with Crippen LogP contribution in [-0.2, 0) is 18.0 Å². The number of halogens is 2. The summed E-state index contributed by atoms with van der Waals surface area (Å²) in [6.45, 7) is 6.44. The summed E-state index contributed by atoms with van der Waals surface area (Å²) in [6.07, 6.45) is 4.86. The van der Waals surface area contributed by atoms with Gasteiger partial charge in [0.05, 0.1) is 35.6 Å². The maximum atomic E-state index is 16.5. The van der Waals surface area contributed by atoms with Gasteiger partial charge >= 0.3 is 0 Å². The van der Waals surface area contributed by atoms with Crippen molar-refractivity contribution in [1.82, 2.24) is 15.0 Å². The van der Waals surface area contributed by atoms with E-state index in [2.05, 4.69) is 39.8 Å². The number of hydrogen-bond acceptors (Lipinski definition) is 8. The van der Waals surface area contributed by atoms with Gasteiger partial charge in [-0.3, -0.25) is 4.98 Å². The van der Waals surface area contributed by atoms with E-state index in [9.17, 15) is 9.65 Å². The summed E-state index contributed by atoms with van der Waals surface area (Å²) in [5.74, 6) is -0.390. The highest BCUT2D eigenvalue weighted by Gasteiger charge is 2.33. The topological polar surface area (TPSA) is 101 Å². The highest BCUT2D eigenvalue weighted by molar-refractivity contribution is 7.99. The van der Waals surface area contributed by atoms with Gasteiger partial charge in [0, 0.05) is 47.2 Å². The van der Waals surface area contributed by atoms with E-state index in [4.69, 9.17) is 10.5 Å². The molecule has 0 saturated carbocycles. The Morgan fingerprint density at radius 2 is 1.97 bits per heavy atom. The van der Waals surface area contributed by atoms with Gasteiger partial charge in [-0.2, -0.15) is 5.26 Å².